The van der Waals surface area contributed by atoms with E-state index in [1.165, 1.54) is 35.9 Å². The summed E-state index contributed by atoms with van der Waals surface area (Å²) >= 11 is 2.62. The molecule has 6 nitrogen and oxygen atoms in total. The van der Waals surface area contributed by atoms with E-state index in [1.807, 2.05) is 25.1 Å². The average Bonchev–Trinajstić information content (AvgIpc) is 3.25. The number of carbonyl (C=O) groups excluding carboxylic acids is 2. The van der Waals surface area contributed by atoms with Crippen molar-refractivity contribution >= 4 is 40.0 Å². The molecule has 2 aromatic rings. The van der Waals surface area contributed by atoms with Crippen molar-refractivity contribution in [2.75, 3.05) is 11.1 Å². The van der Waals surface area contributed by atoms with Gasteiger partial charge in [0.1, 0.15) is 0 Å². The van der Waals surface area contributed by atoms with Gasteiger partial charge in [-0.3, -0.25) is 14.9 Å². The highest BCUT2D eigenvalue weighted by molar-refractivity contribution is 8.01. The Bertz CT molecular complexity index is 757. The first kappa shape index (κ1) is 17.9. The number of aromatic nitrogens is 2. The van der Waals surface area contributed by atoms with Gasteiger partial charge in [0.05, 0.1) is 5.75 Å². The van der Waals surface area contributed by atoms with Gasteiger partial charge in [0, 0.05) is 11.6 Å². The van der Waals surface area contributed by atoms with E-state index >= 15 is 0 Å². The van der Waals surface area contributed by atoms with Crippen molar-refractivity contribution in [2.24, 2.45) is 0 Å². The van der Waals surface area contributed by atoms with Crippen molar-refractivity contribution in [1.29, 1.82) is 0 Å². The Morgan fingerprint density at radius 2 is 2.00 bits per heavy atom. The van der Waals surface area contributed by atoms with E-state index in [9.17, 15) is 9.59 Å². The minimum absolute atomic E-state index is 0.0256. The van der Waals surface area contributed by atoms with Gasteiger partial charge in [0.2, 0.25) is 11.0 Å². The largest absolute Gasteiger partial charge is 0.353 e. The molecule has 132 valence electrons. The van der Waals surface area contributed by atoms with Gasteiger partial charge in [0.15, 0.2) is 4.34 Å². The molecule has 0 spiro atoms. The molecule has 1 aromatic heterocycles. The molecule has 0 atom stereocenters. The zero-order chi connectivity index (χ0) is 17.6. The number of benzene rings is 1. The van der Waals surface area contributed by atoms with Crippen LogP contribution in [-0.4, -0.2) is 33.8 Å². The summed E-state index contributed by atoms with van der Waals surface area (Å²) in [6.07, 6.45) is 4.53. The Kier molecular flexibility index (Phi) is 6.04. The number of hydrogen-bond acceptors (Lipinski definition) is 6. The normalized spacial score (nSPS) is 14.4. The van der Waals surface area contributed by atoms with Crippen molar-refractivity contribution in [3.05, 3.63) is 35.4 Å². The second-order valence-electron chi connectivity index (χ2n) is 5.98. The fourth-order valence-electron chi connectivity index (χ4n) is 2.78. The number of nitrogens with zero attached hydrogens (tertiary/aromatic N) is 2. The Labute approximate surface area is 154 Å². The van der Waals surface area contributed by atoms with Gasteiger partial charge in [-0.1, -0.05) is 54.1 Å². The van der Waals surface area contributed by atoms with Gasteiger partial charge in [-0.15, -0.1) is 10.2 Å². The lowest BCUT2D eigenvalue weighted by Crippen LogP contribution is -2.33. The summed E-state index contributed by atoms with van der Waals surface area (Å²) < 4.78 is 0.668. The van der Waals surface area contributed by atoms with Crippen LogP contribution in [0.25, 0.3) is 0 Å². The molecule has 3 rings (SSSR count). The number of amides is 2. The van der Waals surface area contributed by atoms with E-state index in [0.717, 1.165) is 18.4 Å². The van der Waals surface area contributed by atoms with Crippen molar-refractivity contribution < 1.29 is 9.59 Å². The van der Waals surface area contributed by atoms with E-state index in [0.29, 0.717) is 26.8 Å². The van der Waals surface area contributed by atoms with Crippen molar-refractivity contribution in [3.8, 4) is 0 Å². The zero-order valence-corrected chi connectivity index (χ0v) is 15.6. The number of anilines is 1. The summed E-state index contributed by atoms with van der Waals surface area (Å²) in [6, 6.07) is 7.70. The number of aryl methyl sites for hydroxylation is 1. The molecule has 2 amide bonds. The molecule has 0 radical (unpaired) electrons. The van der Waals surface area contributed by atoms with Gasteiger partial charge in [-0.05, 0) is 31.4 Å². The maximum absolute atomic E-state index is 12.3. The van der Waals surface area contributed by atoms with Crippen LogP contribution in [0.3, 0.4) is 0 Å². The molecule has 8 heteroatoms. The van der Waals surface area contributed by atoms with Crippen molar-refractivity contribution in [2.45, 2.75) is 43.0 Å². The molecule has 1 heterocycles. The lowest BCUT2D eigenvalue weighted by molar-refractivity contribution is -0.119. The van der Waals surface area contributed by atoms with Gasteiger partial charge < -0.3 is 5.32 Å². The van der Waals surface area contributed by atoms with E-state index in [4.69, 9.17) is 0 Å². The maximum Gasteiger partial charge on any atom is 0.257 e. The molecular formula is C17H20N4O2S2. The summed E-state index contributed by atoms with van der Waals surface area (Å²) in [4.78, 5) is 24.2. The van der Waals surface area contributed by atoms with Crippen LogP contribution in [0, 0.1) is 6.92 Å². The van der Waals surface area contributed by atoms with Crippen LogP contribution in [0.1, 0.15) is 41.6 Å². The van der Waals surface area contributed by atoms with E-state index in [1.54, 1.807) is 6.07 Å². The molecule has 0 unspecified atom stereocenters. The predicted octanol–water partition coefficient (Wildman–Crippen LogP) is 3.25. The molecule has 1 aliphatic carbocycles. The Morgan fingerprint density at radius 1 is 1.24 bits per heavy atom. The van der Waals surface area contributed by atoms with Crippen LogP contribution in [0.2, 0.25) is 0 Å². The SMILES string of the molecule is Cc1ccccc1C(=O)Nc1nnc(SCC(=O)NC2CCCC2)s1. The topological polar surface area (TPSA) is 84.0 Å². The molecule has 1 aromatic carbocycles. The molecule has 1 fully saturated rings. The van der Waals surface area contributed by atoms with Crippen LogP contribution in [0.5, 0.6) is 0 Å². The summed E-state index contributed by atoms with van der Waals surface area (Å²) in [5.74, 6) is 0.138. The second-order valence-corrected chi connectivity index (χ2v) is 8.18. The molecular weight excluding hydrogens is 356 g/mol. The third-order valence-corrected chi connectivity index (χ3v) is 6.04. The number of nitrogens with one attached hydrogen (secondary N) is 2. The first-order chi connectivity index (χ1) is 12.1. The Hall–Kier alpha value is -1.93. The van der Waals surface area contributed by atoms with Gasteiger partial charge in [-0.25, -0.2) is 0 Å². The molecule has 0 bridgehead atoms. The molecule has 0 saturated heterocycles. The fraction of sp³-hybridized carbons (Fsp3) is 0.412. The molecule has 1 aliphatic rings. The van der Waals surface area contributed by atoms with Crippen LogP contribution in [0.15, 0.2) is 28.6 Å². The third kappa shape index (κ3) is 5.02. The first-order valence-electron chi connectivity index (χ1n) is 8.24. The average molecular weight is 377 g/mol. The third-order valence-electron chi connectivity index (χ3n) is 4.06. The lowest BCUT2D eigenvalue weighted by Gasteiger charge is -2.10. The quantitative estimate of drug-likeness (QED) is 0.597. The van der Waals surface area contributed by atoms with Crippen LogP contribution in [0.4, 0.5) is 5.13 Å². The molecule has 0 aliphatic heterocycles. The van der Waals surface area contributed by atoms with Crippen LogP contribution < -0.4 is 10.6 Å². The lowest BCUT2D eigenvalue weighted by atomic mass is 10.1. The summed E-state index contributed by atoms with van der Waals surface area (Å²) in [5, 5.41) is 14.2. The van der Waals surface area contributed by atoms with Crippen LogP contribution >= 0.6 is 23.1 Å². The van der Waals surface area contributed by atoms with E-state index in [2.05, 4.69) is 20.8 Å². The number of hydrogen-bond donors (Lipinski definition) is 2. The highest BCUT2D eigenvalue weighted by atomic mass is 32.2. The van der Waals surface area contributed by atoms with E-state index < -0.39 is 0 Å². The van der Waals surface area contributed by atoms with Crippen molar-refractivity contribution in [1.82, 2.24) is 15.5 Å². The maximum atomic E-state index is 12.3. The minimum atomic E-state index is -0.204. The summed E-state index contributed by atoms with van der Waals surface area (Å²) in [5.41, 5.74) is 1.52. The summed E-state index contributed by atoms with van der Waals surface area (Å²) in [6.45, 7) is 1.89. The van der Waals surface area contributed by atoms with Crippen LogP contribution in [-0.2, 0) is 4.79 Å². The Balaban J connectivity index is 1.49. The number of rotatable bonds is 6. The molecule has 1 saturated carbocycles. The highest BCUT2D eigenvalue weighted by Crippen LogP contribution is 2.26. The smallest absolute Gasteiger partial charge is 0.257 e. The van der Waals surface area contributed by atoms with Gasteiger partial charge >= 0.3 is 0 Å². The summed E-state index contributed by atoms with van der Waals surface area (Å²) in [7, 11) is 0. The van der Waals surface area contributed by atoms with Gasteiger partial charge in [0.25, 0.3) is 5.91 Å². The predicted molar refractivity (Wildman–Crippen MR) is 100 cm³/mol. The van der Waals surface area contributed by atoms with Gasteiger partial charge in [-0.2, -0.15) is 0 Å². The molecule has 2 N–H and O–H groups in total. The second kappa shape index (κ2) is 8.44. The monoisotopic (exact) mass is 376 g/mol. The highest BCUT2D eigenvalue weighted by Gasteiger charge is 2.18. The minimum Gasteiger partial charge on any atom is -0.353 e. The zero-order valence-electron chi connectivity index (χ0n) is 13.9. The standard InChI is InChI=1S/C17H20N4O2S2/c1-11-6-2-5-9-13(11)15(23)19-16-20-21-17(25-16)24-10-14(22)18-12-7-3-4-8-12/h2,5-6,9,12H,3-4,7-8,10H2,1H3,(H,18,22)(H,19,20,23). The van der Waals surface area contributed by atoms with Crippen molar-refractivity contribution in [3.63, 3.8) is 0 Å². The number of carbonyl (C=O) groups is 2. The Morgan fingerprint density at radius 3 is 2.76 bits per heavy atom. The van der Waals surface area contributed by atoms with E-state index in [-0.39, 0.29) is 11.8 Å². The molecule has 25 heavy (non-hydrogen) atoms. The fourth-order valence-corrected chi connectivity index (χ4v) is 4.34. The first-order valence-corrected chi connectivity index (χ1v) is 10.0. The number of thioether (sulfide) groups is 1.